The van der Waals surface area contributed by atoms with Gasteiger partial charge in [-0.25, -0.2) is 0 Å². The van der Waals surface area contributed by atoms with Gasteiger partial charge in [0.05, 0.1) is 12.6 Å². The summed E-state index contributed by atoms with van der Waals surface area (Å²) in [6, 6.07) is 7.68. The van der Waals surface area contributed by atoms with E-state index in [0.29, 0.717) is 12.3 Å². The molecule has 0 saturated heterocycles. The summed E-state index contributed by atoms with van der Waals surface area (Å²) in [5.41, 5.74) is 6.97. The Bertz CT molecular complexity index is 672. The van der Waals surface area contributed by atoms with E-state index in [1.165, 1.54) is 0 Å². The molecule has 102 valence electrons. The van der Waals surface area contributed by atoms with Gasteiger partial charge in [0.15, 0.2) is 0 Å². The Labute approximate surface area is 112 Å². The highest BCUT2D eigenvalue weighted by molar-refractivity contribution is 5.85. The Hall–Kier alpha value is -1.81. The van der Waals surface area contributed by atoms with E-state index in [2.05, 4.69) is 0 Å². The van der Waals surface area contributed by atoms with Crippen molar-refractivity contribution in [2.75, 3.05) is 13.7 Å². The van der Waals surface area contributed by atoms with Gasteiger partial charge in [0.25, 0.3) is 5.56 Å². The van der Waals surface area contributed by atoms with Crippen molar-refractivity contribution < 1.29 is 4.74 Å². The fraction of sp³-hybridized carbons (Fsp3) is 0.400. The summed E-state index contributed by atoms with van der Waals surface area (Å²) in [6.07, 6.45) is 0. The largest absolute Gasteiger partial charge is 0.495 e. The Morgan fingerprint density at radius 1 is 1.37 bits per heavy atom. The van der Waals surface area contributed by atoms with Crippen LogP contribution in [0.15, 0.2) is 29.1 Å². The molecule has 0 aliphatic rings. The van der Waals surface area contributed by atoms with Gasteiger partial charge in [0, 0.05) is 30.0 Å². The van der Waals surface area contributed by atoms with Gasteiger partial charge in [-0.3, -0.25) is 4.79 Å². The summed E-state index contributed by atoms with van der Waals surface area (Å²) in [5, 5.41) is 0.984. The minimum absolute atomic E-state index is 0.0209. The van der Waals surface area contributed by atoms with Crippen molar-refractivity contribution in [2.45, 2.75) is 19.3 Å². The first-order chi connectivity index (χ1) is 8.92. The lowest BCUT2D eigenvalue weighted by Gasteiger charge is -2.23. The number of nitrogens with zero attached hydrogens (tertiary/aromatic N) is 1. The molecule has 2 N–H and O–H groups in total. The Kier molecular flexibility index (Phi) is 3.37. The van der Waals surface area contributed by atoms with Crippen molar-refractivity contribution in [1.82, 2.24) is 4.57 Å². The standard InChI is InChI=1S/C15H20N2O2/c1-15(2,9-16)11-8-10-6-5-7-12(19-4)13(10)17(3)14(11)18/h5-8H,9,16H2,1-4H3. The summed E-state index contributed by atoms with van der Waals surface area (Å²) < 4.78 is 6.97. The molecule has 0 bridgehead atoms. The summed E-state index contributed by atoms with van der Waals surface area (Å²) >= 11 is 0. The topological polar surface area (TPSA) is 57.2 Å². The summed E-state index contributed by atoms with van der Waals surface area (Å²) in [4.78, 5) is 12.5. The summed E-state index contributed by atoms with van der Waals surface area (Å²) in [6.45, 7) is 4.39. The zero-order valence-corrected chi connectivity index (χ0v) is 11.9. The van der Waals surface area contributed by atoms with Crippen molar-refractivity contribution in [3.8, 4) is 5.75 Å². The maximum Gasteiger partial charge on any atom is 0.254 e. The predicted molar refractivity (Wildman–Crippen MR) is 77.8 cm³/mol. The molecule has 0 spiro atoms. The molecule has 1 aromatic heterocycles. The third-order valence-corrected chi connectivity index (χ3v) is 3.66. The minimum Gasteiger partial charge on any atom is -0.495 e. The zero-order chi connectivity index (χ0) is 14.2. The molecule has 0 fully saturated rings. The number of aromatic nitrogens is 1. The number of aryl methyl sites for hydroxylation is 1. The predicted octanol–water partition coefficient (Wildman–Crippen LogP) is 1.78. The molecule has 4 heteroatoms. The SMILES string of the molecule is COc1cccc2cc(C(C)(C)CN)c(=O)n(C)c12. The van der Waals surface area contributed by atoms with Crippen molar-refractivity contribution in [3.63, 3.8) is 0 Å². The fourth-order valence-electron chi connectivity index (χ4n) is 2.27. The van der Waals surface area contributed by atoms with Crippen LogP contribution in [0.3, 0.4) is 0 Å². The number of benzene rings is 1. The molecule has 2 rings (SSSR count). The summed E-state index contributed by atoms with van der Waals surface area (Å²) in [5.74, 6) is 0.703. The maximum atomic E-state index is 12.5. The first-order valence-corrected chi connectivity index (χ1v) is 6.29. The molecule has 0 saturated carbocycles. The average Bonchev–Trinajstić information content (AvgIpc) is 2.41. The molecule has 0 aliphatic heterocycles. The van der Waals surface area contributed by atoms with Crippen LogP contribution in [-0.4, -0.2) is 18.2 Å². The van der Waals surface area contributed by atoms with E-state index >= 15 is 0 Å². The second-order valence-electron chi connectivity index (χ2n) is 5.41. The van der Waals surface area contributed by atoms with E-state index in [0.717, 1.165) is 16.5 Å². The molecule has 2 aromatic rings. The van der Waals surface area contributed by atoms with Crippen molar-refractivity contribution >= 4 is 10.9 Å². The maximum absolute atomic E-state index is 12.5. The van der Waals surface area contributed by atoms with E-state index in [-0.39, 0.29) is 11.0 Å². The molecule has 19 heavy (non-hydrogen) atoms. The van der Waals surface area contributed by atoms with E-state index in [4.69, 9.17) is 10.5 Å². The van der Waals surface area contributed by atoms with Gasteiger partial charge in [-0.1, -0.05) is 26.0 Å². The highest BCUT2D eigenvalue weighted by atomic mass is 16.5. The third-order valence-electron chi connectivity index (χ3n) is 3.66. The van der Waals surface area contributed by atoms with Crippen LogP contribution < -0.4 is 16.0 Å². The first-order valence-electron chi connectivity index (χ1n) is 6.29. The van der Waals surface area contributed by atoms with Crippen LogP contribution >= 0.6 is 0 Å². The van der Waals surface area contributed by atoms with Crippen molar-refractivity contribution in [1.29, 1.82) is 0 Å². The molecule has 1 aromatic carbocycles. The molecular formula is C15H20N2O2. The number of hydrogen-bond acceptors (Lipinski definition) is 3. The normalized spacial score (nSPS) is 11.8. The number of para-hydroxylation sites is 1. The summed E-state index contributed by atoms with van der Waals surface area (Å²) in [7, 11) is 3.38. The van der Waals surface area contributed by atoms with Crippen molar-refractivity contribution in [2.24, 2.45) is 12.8 Å². The second kappa shape index (κ2) is 4.70. The number of methoxy groups -OCH3 is 1. The van der Waals surface area contributed by atoms with Crippen molar-refractivity contribution in [3.05, 3.63) is 40.2 Å². The van der Waals surface area contributed by atoms with Gasteiger partial charge in [-0.2, -0.15) is 0 Å². The Morgan fingerprint density at radius 2 is 2.05 bits per heavy atom. The second-order valence-corrected chi connectivity index (χ2v) is 5.41. The van der Waals surface area contributed by atoms with Crippen LogP contribution in [0.25, 0.3) is 10.9 Å². The molecule has 0 aliphatic carbocycles. The first kappa shape index (κ1) is 13.6. The number of nitrogens with two attached hydrogens (primary N) is 1. The molecule has 4 nitrogen and oxygen atoms in total. The molecule has 0 radical (unpaired) electrons. The van der Waals surface area contributed by atoms with Crippen LogP contribution in [0, 0.1) is 0 Å². The van der Waals surface area contributed by atoms with Gasteiger partial charge in [-0.05, 0) is 12.1 Å². The molecule has 1 heterocycles. The van der Waals surface area contributed by atoms with E-state index < -0.39 is 0 Å². The third kappa shape index (κ3) is 2.12. The number of ether oxygens (including phenoxy) is 1. The number of rotatable bonds is 3. The van der Waals surface area contributed by atoms with E-state index in [1.807, 2.05) is 38.1 Å². The highest BCUT2D eigenvalue weighted by Gasteiger charge is 2.24. The number of hydrogen-bond donors (Lipinski definition) is 1. The van der Waals surface area contributed by atoms with Crippen LogP contribution in [0.4, 0.5) is 0 Å². The Balaban J connectivity index is 2.88. The van der Waals surface area contributed by atoms with E-state index in [9.17, 15) is 4.79 Å². The lowest BCUT2D eigenvalue weighted by molar-refractivity contribution is 0.417. The lowest BCUT2D eigenvalue weighted by Crippen LogP contribution is -2.36. The highest BCUT2D eigenvalue weighted by Crippen LogP contribution is 2.27. The fourth-order valence-corrected chi connectivity index (χ4v) is 2.27. The number of pyridine rings is 1. The lowest BCUT2D eigenvalue weighted by atomic mass is 9.85. The Morgan fingerprint density at radius 3 is 2.63 bits per heavy atom. The average molecular weight is 260 g/mol. The molecule has 0 amide bonds. The van der Waals surface area contributed by atoms with E-state index in [1.54, 1.807) is 18.7 Å². The minimum atomic E-state index is -0.341. The smallest absolute Gasteiger partial charge is 0.254 e. The number of fused-ring (bicyclic) bond motifs is 1. The van der Waals surface area contributed by atoms with Crippen LogP contribution in [0.5, 0.6) is 5.75 Å². The van der Waals surface area contributed by atoms with Crippen LogP contribution in [0.1, 0.15) is 19.4 Å². The monoisotopic (exact) mass is 260 g/mol. The molecule has 0 unspecified atom stereocenters. The molecule has 0 atom stereocenters. The quantitative estimate of drug-likeness (QED) is 0.915. The van der Waals surface area contributed by atoms with Gasteiger partial charge < -0.3 is 15.0 Å². The van der Waals surface area contributed by atoms with Crippen LogP contribution in [0.2, 0.25) is 0 Å². The molecular weight excluding hydrogens is 240 g/mol. The van der Waals surface area contributed by atoms with Gasteiger partial charge >= 0.3 is 0 Å². The van der Waals surface area contributed by atoms with Gasteiger partial charge in [-0.15, -0.1) is 0 Å². The van der Waals surface area contributed by atoms with Gasteiger partial charge in [0.1, 0.15) is 5.75 Å². The zero-order valence-electron chi connectivity index (χ0n) is 11.9. The van der Waals surface area contributed by atoms with Gasteiger partial charge in [0.2, 0.25) is 0 Å². The van der Waals surface area contributed by atoms with Crippen LogP contribution in [-0.2, 0) is 12.5 Å².